The van der Waals surface area contributed by atoms with Gasteiger partial charge >= 0.3 is 0 Å². The van der Waals surface area contributed by atoms with E-state index in [0.717, 1.165) is 0 Å². The maximum absolute atomic E-state index is 10.8. The smallest absolute Gasteiger partial charge is 0.233 e. The molecule has 0 aliphatic heterocycles. The molecule has 0 aliphatic carbocycles. The normalized spacial score (nSPS) is 11.4. The fourth-order valence-electron chi connectivity index (χ4n) is 1.05. The van der Waals surface area contributed by atoms with Gasteiger partial charge < -0.3 is 9.47 Å². The van der Waals surface area contributed by atoms with Crippen LogP contribution >= 0.6 is 15.9 Å². The molecule has 0 aromatic rings. The Labute approximate surface area is 92.4 Å². The summed E-state index contributed by atoms with van der Waals surface area (Å²) in [6.07, 6.45) is 1.67. The number of nitrogens with one attached hydrogen (secondary N) is 1. The van der Waals surface area contributed by atoms with Crippen LogP contribution in [0, 0.1) is 0 Å². The van der Waals surface area contributed by atoms with Gasteiger partial charge in [-0.25, -0.2) is 5.84 Å². The van der Waals surface area contributed by atoms with E-state index in [1.54, 1.807) is 14.2 Å². The van der Waals surface area contributed by atoms with Gasteiger partial charge in [-0.05, 0) is 6.42 Å². The highest BCUT2D eigenvalue weighted by Crippen LogP contribution is 2.21. The maximum Gasteiger partial charge on any atom is 0.233 e. The van der Waals surface area contributed by atoms with Gasteiger partial charge in [-0.2, -0.15) is 0 Å². The molecule has 0 atom stereocenters. The molecule has 0 spiro atoms. The highest BCUT2D eigenvalue weighted by atomic mass is 79.9. The maximum atomic E-state index is 10.8. The van der Waals surface area contributed by atoms with Gasteiger partial charge in [-0.3, -0.25) is 10.2 Å². The van der Waals surface area contributed by atoms with Crippen LogP contribution in [0.3, 0.4) is 0 Å². The minimum Gasteiger partial charge on any atom is -0.352 e. The molecule has 0 saturated carbocycles. The summed E-state index contributed by atoms with van der Waals surface area (Å²) in [4.78, 5) is 10.8. The number of methoxy groups -OCH3 is 2. The van der Waals surface area contributed by atoms with E-state index in [1.165, 1.54) is 0 Å². The van der Waals surface area contributed by atoms with Crippen molar-refractivity contribution in [3.8, 4) is 0 Å². The number of hydrazine groups is 1. The summed E-state index contributed by atoms with van der Waals surface area (Å²) in [7, 11) is 3.15. The first-order valence-electron chi connectivity index (χ1n) is 4.30. The van der Waals surface area contributed by atoms with Crippen LogP contribution in [0.5, 0.6) is 0 Å². The van der Waals surface area contributed by atoms with Crippen LogP contribution in [-0.4, -0.2) is 31.2 Å². The molecule has 6 heteroatoms. The van der Waals surface area contributed by atoms with Crippen molar-refractivity contribution in [1.82, 2.24) is 5.43 Å². The lowest BCUT2D eigenvalue weighted by Gasteiger charge is -2.28. The van der Waals surface area contributed by atoms with Gasteiger partial charge in [0.25, 0.3) is 0 Å². The van der Waals surface area contributed by atoms with Gasteiger partial charge in [0.15, 0.2) is 5.79 Å². The molecule has 1 amide bonds. The predicted molar refractivity (Wildman–Crippen MR) is 56.7 cm³/mol. The summed E-state index contributed by atoms with van der Waals surface area (Å²) in [6.45, 7) is 0. The van der Waals surface area contributed by atoms with Crippen LogP contribution in [0.2, 0.25) is 0 Å². The second kappa shape index (κ2) is 7.17. The minimum absolute atomic E-state index is 0.180. The topological polar surface area (TPSA) is 73.6 Å². The van der Waals surface area contributed by atoms with Gasteiger partial charge in [0.05, 0.1) is 5.33 Å². The molecular weight excluding hydrogens is 252 g/mol. The third-order valence-electron chi connectivity index (χ3n) is 2.07. The fourth-order valence-corrected chi connectivity index (χ4v) is 1.79. The van der Waals surface area contributed by atoms with Crippen LogP contribution in [0.15, 0.2) is 0 Å². The van der Waals surface area contributed by atoms with Crippen LogP contribution < -0.4 is 11.3 Å². The average Bonchev–Trinajstić information content (AvgIpc) is 2.25. The number of amides is 1. The summed E-state index contributed by atoms with van der Waals surface area (Å²) in [5.74, 6) is 4.12. The lowest BCUT2D eigenvalue weighted by Crippen LogP contribution is -2.36. The zero-order chi connectivity index (χ0) is 11.0. The minimum atomic E-state index is -0.644. The van der Waals surface area contributed by atoms with E-state index in [4.69, 9.17) is 15.3 Å². The molecule has 0 aliphatic rings. The number of carbonyl (C=O) groups is 1. The number of alkyl halides is 1. The lowest BCUT2D eigenvalue weighted by molar-refractivity contribution is -0.193. The number of hydrogen-bond donors (Lipinski definition) is 2. The van der Waals surface area contributed by atoms with Crippen molar-refractivity contribution in [3.05, 3.63) is 0 Å². The molecule has 0 unspecified atom stereocenters. The zero-order valence-electron chi connectivity index (χ0n) is 8.51. The Hall–Kier alpha value is -0.170. The highest BCUT2D eigenvalue weighted by molar-refractivity contribution is 9.09. The van der Waals surface area contributed by atoms with Crippen molar-refractivity contribution in [2.45, 2.75) is 25.0 Å². The van der Waals surface area contributed by atoms with Gasteiger partial charge in [-0.1, -0.05) is 15.9 Å². The molecule has 5 nitrogen and oxygen atoms in total. The lowest BCUT2D eigenvalue weighted by atomic mass is 10.1. The number of carbonyl (C=O) groups excluding carboxylic acids is 1. The van der Waals surface area contributed by atoms with Gasteiger partial charge in [-0.15, -0.1) is 0 Å². The van der Waals surface area contributed by atoms with Crippen molar-refractivity contribution in [2.75, 3.05) is 19.5 Å². The zero-order valence-corrected chi connectivity index (χ0v) is 10.1. The predicted octanol–water partition coefficient (Wildman–Crippen LogP) is 0.531. The quantitative estimate of drug-likeness (QED) is 0.232. The third kappa shape index (κ3) is 4.36. The molecule has 0 heterocycles. The van der Waals surface area contributed by atoms with E-state index in [0.29, 0.717) is 24.6 Å². The third-order valence-corrected chi connectivity index (χ3v) is 2.92. The number of ether oxygens (including phenoxy) is 2. The standard InChI is InChI=1S/C8H17BrN2O3/c1-13-8(6-9,14-2)5-3-4-7(12)11-10/h3-6,10H2,1-2H3,(H,11,12). The van der Waals surface area contributed by atoms with Crippen LogP contribution in [0.4, 0.5) is 0 Å². The number of hydrogen-bond acceptors (Lipinski definition) is 4. The van der Waals surface area contributed by atoms with E-state index in [-0.39, 0.29) is 5.91 Å². The molecule has 0 saturated heterocycles. The van der Waals surface area contributed by atoms with Crippen molar-refractivity contribution in [2.24, 2.45) is 5.84 Å². The van der Waals surface area contributed by atoms with Gasteiger partial charge in [0.1, 0.15) is 0 Å². The monoisotopic (exact) mass is 268 g/mol. The SMILES string of the molecule is COC(CBr)(CCCC(=O)NN)OC. The van der Waals surface area contributed by atoms with E-state index in [2.05, 4.69) is 21.4 Å². The van der Waals surface area contributed by atoms with Crippen LogP contribution in [0.25, 0.3) is 0 Å². The summed E-state index contributed by atoms with van der Waals surface area (Å²) < 4.78 is 10.4. The Morgan fingerprint density at radius 2 is 2.07 bits per heavy atom. The first kappa shape index (κ1) is 13.8. The second-order valence-electron chi connectivity index (χ2n) is 2.87. The number of rotatable bonds is 7. The van der Waals surface area contributed by atoms with Crippen molar-refractivity contribution in [3.63, 3.8) is 0 Å². The van der Waals surface area contributed by atoms with Crippen LogP contribution in [-0.2, 0) is 14.3 Å². The van der Waals surface area contributed by atoms with E-state index < -0.39 is 5.79 Å². The Balaban J connectivity index is 3.88. The van der Waals surface area contributed by atoms with Crippen molar-refractivity contribution in [1.29, 1.82) is 0 Å². The summed E-state index contributed by atoms with van der Waals surface area (Å²) in [6, 6.07) is 0. The molecule has 0 fully saturated rings. The first-order chi connectivity index (χ1) is 6.64. The Bertz CT molecular complexity index is 166. The molecule has 14 heavy (non-hydrogen) atoms. The number of nitrogens with two attached hydrogens (primary N) is 1. The van der Waals surface area contributed by atoms with E-state index in [1.807, 2.05) is 0 Å². The molecule has 0 aromatic heterocycles. The Morgan fingerprint density at radius 3 is 2.43 bits per heavy atom. The van der Waals surface area contributed by atoms with Crippen molar-refractivity contribution >= 4 is 21.8 Å². The largest absolute Gasteiger partial charge is 0.352 e. The summed E-state index contributed by atoms with van der Waals surface area (Å²) in [5, 5.41) is 0.567. The van der Waals surface area contributed by atoms with Gasteiger partial charge in [0, 0.05) is 27.1 Å². The molecular formula is C8H17BrN2O3. The molecule has 0 bridgehead atoms. The Morgan fingerprint density at radius 1 is 1.50 bits per heavy atom. The average molecular weight is 269 g/mol. The van der Waals surface area contributed by atoms with Crippen LogP contribution in [0.1, 0.15) is 19.3 Å². The number of halogens is 1. The Kier molecular flexibility index (Phi) is 7.08. The fraction of sp³-hybridized carbons (Fsp3) is 0.875. The summed E-state index contributed by atoms with van der Waals surface area (Å²) >= 11 is 3.30. The van der Waals surface area contributed by atoms with Gasteiger partial charge in [0.2, 0.25) is 5.91 Å². The molecule has 84 valence electrons. The second-order valence-corrected chi connectivity index (χ2v) is 3.43. The molecule has 0 radical (unpaired) electrons. The van der Waals surface area contributed by atoms with E-state index >= 15 is 0 Å². The molecule has 0 rings (SSSR count). The summed E-state index contributed by atoms with van der Waals surface area (Å²) in [5.41, 5.74) is 2.07. The molecule has 0 aromatic carbocycles. The van der Waals surface area contributed by atoms with Crippen molar-refractivity contribution < 1.29 is 14.3 Å². The molecule has 3 N–H and O–H groups in total. The first-order valence-corrected chi connectivity index (χ1v) is 5.42. The van der Waals surface area contributed by atoms with E-state index in [9.17, 15) is 4.79 Å². The highest BCUT2D eigenvalue weighted by Gasteiger charge is 2.27.